The number of aliphatic hydroxyl groups excluding tert-OH is 1. The molecule has 3 aromatic rings. The van der Waals surface area contributed by atoms with E-state index in [4.69, 9.17) is 32.2 Å². The van der Waals surface area contributed by atoms with E-state index in [1.165, 1.54) is 0 Å². The van der Waals surface area contributed by atoms with Crippen molar-refractivity contribution in [3.8, 4) is 0 Å². The summed E-state index contributed by atoms with van der Waals surface area (Å²) in [4.78, 5) is 0. The summed E-state index contributed by atoms with van der Waals surface area (Å²) in [6.07, 6.45) is 3.79. The molecule has 0 bridgehead atoms. The third-order valence-corrected chi connectivity index (χ3v) is 29.9. The molecular formula is C56H84O8S2Si2. The van der Waals surface area contributed by atoms with E-state index in [0.717, 1.165) is 72.0 Å². The number of rotatable bonds is 16. The molecule has 5 saturated heterocycles. The van der Waals surface area contributed by atoms with Gasteiger partial charge >= 0.3 is 8.56 Å². The van der Waals surface area contributed by atoms with E-state index in [0.29, 0.717) is 32.5 Å². The first-order chi connectivity index (χ1) is 32.3. The first kappa shape index (κ1) is 52.8. The zero-order valence-electron chi connectivity index (χ0n) is 43.2. The maximum absolute atomic E-state index is 13.1. The molecule has 9 atom stereocenters. The Balaban J connectivity index is 1.04. The molecule has 68 heavy (non-hydrogen) atoms. The van der Waals surface area contributed by atoms with Crippen molar-refractivity contribution in [2.24, 2.45) is 0 Å². The second-order valence-corrected chi connectivity index (χ2v) is 35.7. The lowest BCUT2D eigenvalue weighted by Gasteiger charge is -2.62. The largest absolute Gasteiger partial charge is 0.411 e. The van der Waals surface area contributed by atoms with Crippen LogP contribution in [0.1, 0.15) is 138 Å². The van der Waals surface area contributed by atoms with Crippen LogP contribution in [0.3, 0.4) is 0 Å². The molecule has 0 spiro atoms. The first-order valence-corrected chi connectivity index (χ1v) is 32.4. The Hall–Kier alpha value is -1.53. The Kier molecular flexibility index (Phi) is 16.1. The number of benzene rings is 3. The van der Waals surface area contributed by atoms with Crippen molar-refractivity contribution >= 4 is 40.4 Å². The van der Waals surface area contributed by atoms with Crippen molar-refractivity contribution in [2.45, 2.75) is 213 Å². The van der Waals surface area contributed by atoms with E-state index in [1.807, 2.05) is 23.5 Å². The summed E-state index contributed by atoms with van der Waals surface area (Å²) < 4.78 is 50.5. The van der Waals surface area contributed by atoms with E-state index < -0.39 is 39.8 Å². The van der Waals surface area contributed by atoms with Crippen LogP contribution < -0.4 is 0 Å². The zero-order valence-corrected chi connectivity index (χ0v) is 46.9. The molecule has 0 amide bonds. The average molecular weight is 1010 g/mol. The minimum absolute atomic E-state index is 0.0815. The molecule has 0 aliphatic carbocycles. The van der Waals surface area contributed by atoms with E-state index in [1.54, 1.807) is 0 Å². The Labute approximate surface area is 420 Å². The van der Waals surface area contributed by atoms with Gasteiger partial charge in [0.25, 0.3) is 0 Å². The Morgan fingerprint density at radius 1 is 0.735 bits per heavy atom. The third kappa shape index (κ3) is 10.1. The topological polar surface area (TPSA) is 84.8 Å². The summed E-state index contributed by atoms with van der Waals surface area (Å²) >= 11 is 4.04. The van der Waals surface area contributed by atoms with Gasteiger partial charge in [-0.15, -0.1) is 23.5 Å². The smallest absolute Gasteiger partial charge is 0.349 e. The Bertz CT molecular complexity index is 1960. The summed E-state index contributed by atoms with van der Waals surface area (Å²) in [7, 11) is -4.84. The molecule has 5 fully saturated rings. The summed E-state index contributed by atoms with van der Waals surface area (Å²) in [5, 5.41) is 12.9. The van der Waals surface area contributed by atoms with Crippen LogP contribution in [0.5, 0.6) is 0 Å². The lowest BCUT2D eigenvalue weighted by Crippen LogP contribution is -2.73. The number of fused-ring (bicyclic) bond motifs is 3. The number of hydrogen-bond donors (Lipinski definition) is 1. The molecule has 5 heterocycles. The second-order valence-electron chi connectivity index (χ2n) is 23.0. The number of aliphatic hydroxyl groups is 1. The highest BCUT2D eigenvalue weighted by Crippen LogP contribution is 2.58. The van der Waals surface area contributed by atoms with Gasteiger partial charge in [0, 0.05) is 42.4 Å². The van der Waals surface area contributed by atoms with Crippen LogP contribution in [0.15, 0.2) is 91.0 Å². The normalized spacial score (nSPS) is 31.2. The monoisotopic (exact) mass is 1000 g/mol. The lowest BCUT2D eigenvalue weighted by molar-refractivity contribution is -0.346. The molecular weight excluding hydrogens is 921 g/mol. The highest BCUT2D eigenvalue weighted by molar-refractivity contribution is 8.18. The molecule has 8 rings (SSSR count). The molecule has 0 saturated carbocycles. The summed E-state index contributed by atoms with van der Waals surface area (Å²) in [5.74, 6) is 2.13. The highest BCUT2D eigenvalue weighted by atomic mass is 32.2. The lowest BCUT2D eigenvalue weighted by atomic mass is 9.74. The van der Waals surface area contributed by atoms with Gasteiger partial charge in [-0.1, -0.05) is 153 Å². The minimum atomic E-state index is -2.68. The molecule has 376 valence electrons. The van der Waals surface area contributed by atoms with Gasteiger partial charge in [-0.3, -0.25) is 0 Å². The summed E-state index contributed by atoms with van der Waals surface area (Å²) in [6.45, 7) is 26.0. The zero-order chi connectivity index (χ0) is 48.6. The molecule has 5 aliphatic heterocycles. The van der Waals surface area contributed by atoms with Crippen LogP contribution in [-0.4, -0.2) is 105 Å². The van der Waals surface area contributed by atoms with Gasteiger partial charge in [-0.2, -0.15) is 0 Å². The van der Waals surface area contributed by atoms with E-state index >= 15 is 0 Å². The standard InChI is InChI=1S/C56H84O8S2Si2/c1-12-67(13-2,14-3)63-50-37-49-53(10,38-46-44(61-49)36-45-47(60-46)40-59-68(62-45,51(4,5)6)52(7,8)9)64-54(50,11)48(57)39-55(65-34-25-35-66-55)32-24-33-58-56(41-26-18-15-19-27-41,42-28-20-16-21-29-42)43-30-22-17-23-31-43/h15-23,26-31,44-50,57H,12-14,24-25,32-40H2,1-11H3/t44-,45+,46+,47-,48+,49+,50-,53-,54+/m1/s1. The number of thioether (sulfide) groups is 2. The van der Waals surface area contributed by atoms with Crippen LogP contribution in [0, 0.1) is 0 Å². The van der Waals surface area contributed by atoms with Crippen molar-refractivity contribution in [1.29, 1.82) is 0 Å². The van der Waals surface area contributed by atoms with Crippen molar-refractivity contribution in [2.75, 3.05) is 24.7 Å². The van der Waals surface area contributed by atoms with Crippen LogP contribution in [-0.2, 0) is 37.8 Å². The summed E-state index contributed by atoms with van der Waals surface area (Å²) in [6, 6.07) is 35.0. The van der Waals surface area contributed by atoms with E-state index in [-0.39, 0.29) is 50.8 Å². The molecule has 3 aromatic carbocycles. The molecule has 1 N–H and O–H groups in total. The molecule has 5 aliphatic rings. The van der Waals surface area contributed by atoms with Gasteiger partial charge < -0.3 is 37.3 Å². The van der Waals surface area contributed by atoms with Gasteiger partial charge in [0.2, 0.25) is 0 Å². The Morgan fingerprint density at radius 2 is 1.28 bits per heavy atom. The maximum atomic E-state index is 13.1. The van der Waals surface area contributed by atoms with Crippen LogP contribution >= 0.6 is 23.5 Å². The predicted molar refractivity (Wildman–Crippen MR) is 284 cm³/mol. The fourth-order valence-electron chi connectivity index (χ4n) is 12.7. The Morgan fingerprint density at radius 3 is 1.79 bits per heavy atom. The van der Waals surface area contributed by atoms with Crippen molar-refractivity contribution in [3.63, 3.8) is 0 Å². The van der Waals surface area contributed by atoms with Crippen LogP contribution in [0.25, 0.3) is 0 Å². The quantitative estimate of drug-likeness (QED) is 0.0851. The predicted octanol–water partition coefficient (Wildman–Crippen LogP) is 13.2. The molecule has 0 aromatic heterocycles. The molecule has 0 radical (unpaired) electrons. The van der Waals surface area contributed by atoms with Crippen molar-refractivity contribution in [1.82, 2.24) is 0 Å². The highest BCUT2D eigenvalue weighted by Gasteiger charge is 2.66. The fourth-order valence-corrected chi connectivity index (χ4v) is 24.1. The number of ether oxygens (including phenoxy) is 4. The van der Waals surface area contributed by atoms with Crippen LogP contribution in [0.2, 0.25) is 28.2 Å². The van der Waals surface area contributed by atoms with Crippen LogP contribution in [0.4, 0.5) is 0 Å². The minimum Gasteiger partial charge on any atom is -0.411 e. The van der Waals surface area contributed by atoms with Crippen molar-refractivity contribution < 1.29 is 37.3 Å². The average Bonchev–Trinajstić information content (AvgIpc) is 3.32. The van der Waals surface area contributed by atoms with E-state index in [9.17, 15) is 5.11 Å². The second kappa shape index (κ2) is 20.8. The fraction of sp³-hybridized carbons (Fsp3) is 0.679. The third-order valence-electron chi connectivity index (χ3n) is 16.6. The van der Waals surface area contributed by atoms with Crippen molar-refractivity contribution in [3.05, 3.63) is 108 Å². The molecule has 8 nitrogen and oxygen atoms in total. The summed E-state index contributed by atoms with van der Waals surface area (Å²) in [5.41, 5.74) is 0.894. The van der Waals surface area contributed by atoms with Gasteiger partial charge in [0.05, 0.1) is 52.9 Å². The maximum Gasteiger partial charge on any atom is 0.349 e. The number of hydrogen-bond acceptors (Lipinski definition) is 10. The van der Waals surface area contributed by atoms with Gasteiger partial charge in [0.1, 0.15) is 17.3 Å². The SMILES string of the molecule is CC[Si](CC)(CC)O[C@@H]1C[C@@H]2O[C@@H]3C[C@@H]4O[Si](C(C)(C)C)(C(C)(C)C)OC[C@H]4O[C@H]3C[C@@]2(C)O[C@@]1(C)[C@@H](O)CC1(CCCOC(c2ccccc2)(c2ccccc2)c2ccccc2)SCCCS1. The van der Waals surface area contributed by atoms with Gasteiger partial charge in [-0.25, -0.2) is 0 Å². The van der Waals surface area contributed by atoms with E-state index in [2.05, 4.69) is 167 Å². The first-order valence-electron chi connectivity index (χ1n) is 26.1. The van der Waals surface area contributed by atoms with Gasteiger partial charge in [-0.05, 0) is 79.4 Å². The molecule has 12 heteroatoms. The molecule has 0 unspecified atom stereocenters. The van der Waals surface area contributed by atoms with Gasteiger partial charge in [0.15, 0.2) is 8.32 Å².